The van der Waals surface area contributed by atoms with Crippen LogP contribution in [0.15, 0.2) is 0 Å². The summed E-state index contributed by atoms with van der Waals surface area (Å²) in [4.78, 5) is 21.0. The molecule has 0 heterocycles. The van der Waals surface area contributed by atoms with Gasteiger partial charge in [0.1, 0.15) is 0 Å². The van der Waals surface area contributed by atoms with E-state index in [0.717, 1.165) is 0 Å². The third-order valence-electron chi connectivity index (χ3n) is 1.25. The van der Waals surface area contributed by atoms with E-state index in [1.54, 1.807) is 0 Å². The Morgan fingerprint density at radius 3 is 2.23 bits per heavy atom. The Labute approximate surface area is 74.8 Å². The van der Waals surface area contributed by atoms with Crippen LogP contribution in [0, 0.1) is 0 Å². The van der Waals surface area contributed by atoms with Gasteiger partial charge >= 0.3 is 5.97 Å². The number of carbonyl (C=O) groups is 2. The fourth-order valence-corrected chi connectivity index (χ4v) is 0.621. The maximum atomic E-state index is 10.6. The Bertz CT molecular complexity index is 182. The average Bonchev–Trinajstić information content (AvgIpc) is 1.98. The van der Waals surface area contributed by atoms with E-state index in [9.17, 15) is 9.59 Å². The second-order valence-electron chi connectivity index (χ2n) is 2.33. The van der Waals surface area contributed by atoms with Gasteiger partial charge in [0.25, 0.3) is 0 Å². The monoisotopic (exact) mass is 194 g/mol. The van der Waals surface area contributed by atoms with Crippen LogP contribution in [0.5, 0.6) is 0 Å². The van der Waals surface area contributed by atoms with Gasteiger partial charge in [-0.1, -0.05) is 0 Å². The number of hydrogen-bond donors (Lipinski definition) is 4. The lowest BCUT2D eigenvalue weighted by molar-refractivity contribution is -0.144. The average molecular weight is 194 g/mol. The van der Waals surface area contributed by atoms with Gasteiger partial charge in [-0.25, -0.2) is 4.79 Å². The molecule has 0 aromatic carbocycles. The smallest absolute Gasteiger partial charge is 0.328 e. The highest BCUT2D eigenvalue weighted by molar-refractivity contribution is 5.84. The predicted molar refractivity (Wildman–Crippen MR) is 43.9 cm³/mol. The van der Waals surface area contributed by atoms with E-state index in [-0.39, 0.29) is 12.0 Å². The third-order valence-corrected chi connectivity index (χ3v) is 1.25. The fraction of sp³-hybridized carbons (Fsp3) is 0.667. The summed E-state index contributed by atoms with van der Waals surface area (Å²) in [7, 11) is 0. The minimum absolute atomic E-state index is 0. The molecule has 0 bridgehead atoms. The lowest BCUT2D eigenvalue weighted by Crippen LogP contribution is -2.49. The Morgan fingerprint density at radius 2 is 2.00 bits per heavy atom. The maximum Gasteiger partial charge on any atom is 0.328 e. The zero-order valence-electron chi connectivity index (χ0n) is 7.15. The lowest BCUT2D eigenvalue weighted by atomic mass is 10.2. The molecule has 0 spiro atoms. The van der Waals surface area contributed by atoms with E-state index in [0.29, 0.717) is 0 Å². The summed E-state index contributed by atoms with van der Waals surface area (Å²) in [6.07, 6.45) is -1.14. The Hall–Kier alpha value is -1.18. The van der Waals surface area contributed by atoms with Crippen LogP contribution >= 0.6 is 0 Å². The number of aliphatic hydroxyl groups is 1. The Balaban J connectivity index is 0. The highest BCUT2D eigenvalue weighted by Gasteiger charge is 2.23. The van der Waals surface area contributed by atoms with E-state index in [2.05, 4.69) is 5.32 Å². The van der Waals surface area contributed by atoms with Crippen LogP contribution in [-0.4, -0.2) is 46.3 Å². The molecular formula is C6H14N2O5. The first-order chi connectivity index (χ1) is 5.49. The van der Waals surface area contributed by atoms with E-state index >= 15 is 0 Å². The van der Waals surface area contributed by atoms with Gasteiger partial charge in [0.2, 0.25) is 5.91 Å². The molecule has 0 saturated heterocycles. The van der Waals surface area contributed by atoms with E-state index in [1.165, 1.54) is 6.92 Å². The van der Waals surface area contributed by atoms with Crippen molar-refractivity contribution in [2.75, 3.05) is 6.54 Å². The number of aliphatic hydroxyl groups excluding tert-OH is 1. The van der Waals surface area contributed by atoms with E-state index in [1.807, 2.05) is 0 Å². The molecule has 7 N–H and O–H groups in total. The molecule has 78 valence electrons. The van der Waals surface area contributed by atoms with Crippen molar-refractivity contribution in [1.29, 1.82) is 0 Å². The molecule has 0 fully saturated rings. The summed E-state index contributed by atoms with van der Waals surface area (Å²) < 4.78 is 0. The van der Waals surface area contributed by atoms with E-state index < -0.39 is 24.0 Å². The number of hydrogen-bond acceptors (Lipinski definition) is 4. The van der Waals surface area contributed by atoms with Gasteiger partial charge in [0.05, 0.1) is 12.6 Å². The number of nitrogens with two attached hydrogens (primary N) is 1. The number of carboxylic acid groups (broad SMARTS) is 1. The van der Waals surface area contributed by atoms with Gasteiger partial charge in [-0.2, -0.15) is 0 Å². The van der Waals surface area contributed by atoms with Crippen molar-refractivity contribution < 1.29 is 25.3 Å². The molecule has 2 atom stereocenters. The first kappa shape index (κ1) is 14.3. The number of nitrogens with one attached hydrogen (secondary N) is 1. The number of rotatable bonds is 4. The molecular weight excluding hydrogens is 180 g/mol. The standard InChI is InChI=1S/C6H12N2O4.H2O/c1-3(9)5(6(11)12)8-4(10)2-7;/h3,5,9H,2,7H2,1H3,(H,8,10)(H,11,12);1H2/t3-,5+;/m0./s1. The highest BCUT2D eigenvalue weighted by Crippen LogP contribution is 1.91. The summed E-state index contributed by atoms with van der Waals surface area (Å²) in [5.41, 5.74) is 4.93. The van der Waals surface area contributed by atoms with Crippen LogP contribution < -0.4 is 11.1 Å². The molecule has 7 heteroatoms. The second kappa shape index (κ2) is 6.35. The number of amides is 1. The van der Waals surface area contributed by atoms with Crippen LogP contribution in [0.2, 0.25) is 0 Å². The first-order valence-electron chi connectivity index (χ1n) is 3.39. The highest BCUT2D eigenvalue weighted by atomic mass is 16.4. The minimum atomic E-state index is -1.29. The number of carbonyl (C=O) groups excluding carboxylic acids is 1. The molecule has 0 radical (unpaired) electrons. The summed E-state index contributed by atoms with van der Waals surface area (Å²) >= 11 is 0. The second-order valence-corrected chi connectivity index (χ2v) is 2.33. The van der Waals surface area contributed by atoms with Crippen molar-refractivity contribution in [3.8, 4) is 0 Å². The molecule has 13 heavy (non-hydrogen) atoms. The summed E-state index contributed by atoms with van der Waals surface area (Å²) in [6.45, 7) is 0.978. The Morgan fingerprint density at radius 1 is 1.54 bits per heavy atom. The molecule has 0 unspecified atom stereocenters. The van der Waals surface area contributed by atoms with Gasteiger partial charge in [0, 0.05) is 0 Å². The molecule has 0 aliphatic carbocycles. The molecule has 7 nitrogen and oxygen atoms in total. The molecule has 0 aromatic heterocycles. The largest absolute Gasteiger partial charge is 0.480 e. The van der Waals surface area contributed by atoms with Crippen molar-refractivity contribution in [3.05, 3.63) is 0 Å². The minimum Gasteiger partial charge on any atom is -0.480 e. The van der Waals surface area contributed by atoms with Crippen molar-refractivity contribution in [2.24, 2.45) is 5.73 Å². The van der Waals surface area contributed by atoms with Crippen LogP contribution in [0.3, 0.4) is 0 Å². The fourth-order valence-electron chi connectivity index (χ4n) is 0.621. The molecule has 1 amide bonds. The van der Waals surface area contributed by atoms with Gasteiger partial charge < -0.3 is 26.7 Å². The molecule has 0 aromatic rings. The molecule has 0 aliphatic heterocycles. The molecule has 0 aliphatic rings. The van der Waals surface area contributed by atoms with Gasteiger partial charge in [0.15, 0.2) is 6.04 Å². The Kier molecular flexibility index (Phi) is 7.01. The maximum absolute atomic E-state index is 10.6. The SMILES string of the molecule is C[C@H](O)[C@@H](NC(=O)CN)C(=O)O.O. The first-order valence-corrected chi connectivity index (χ1v) is 3.39. The summed E-state index contributed by atoms with van der Waals surface area (Å²) in [6, 6.07) is -1.29. The van der Waals surface area contributed by atoms with Crippen molar-refractivity contribution in [1.82, 2.24) is 5.32 Å². The molecule has 0 saturated carbocycles. The van der Waals surface area contributed by atoms with Crippen molar-refractivity contribution in [2.45, 2.75) is 19.1 Å². The van der Waals surface area contributed by atoms with Crippen molar-refractivity contribution >= 4 is 11.9 Å². The lowest BCUT2D eigenvalue weighted by Gasteiger charge is -2.15. The molecule has 0 rings (SSSR count). The third kappa shape index (κ3) is 5.12. The van der Waals surface area contributed by atoms with Crippen LogP contribution in [0.1, 0.15) is 6.92 Å². The topological polar surface area (TPSA) is 144 Å². The zero-order chi connectivity index (χ0) is 9.72. The predicted octanol–water partition coefficient (Wildman–Crippen LogP) is -2.93. The number of carboxylic acids is 1. The number of aliphatic carboxylic acids is 1. The van der Waals surface area contributed by atoms with E-state index in [4.69, 9.17) is 15.9 Å². The van der Waals surface area contributed by atoms with Crippen LogP contribution in [-0.2, 0) is 9.59 Å². The zero-order valence-corrected chi connectivity index (χ0v) is 7.15. The van der Waals surface area contributed by atoms with Crippen LogP contribution in [0.4, 0.5) is 0 Å². The van der Waals surface area contributed by atoms with Crippen LogP contribution in [0.25, 0.3) is 0 Å². The summed E-state index contributed by atoms with van der Waals surface area (Å²) in [5, 5.41) is 19.4. The quantitative estimate of drug-likeness (QED) is 0.378. The van der Waals surface area contributed by atoms with Gasteiger partial charge in [-0.15, -0.1) is 0 Å². The normalized spacial score (nSPS) is 13.8. The van der Waals surface area contributed by atoms with Gasteiger partial charge in [-0.05, 0) is 6.92 Å². The summed E-state index contributed by atoms with van der Waals surface area (Å²) in [5.74, 6) is -1.89. The van der Waals surface area contributed by atoms with Gasteiger partial charge in [-0.3, -0.25) is 4.79 Å². The van der Waals surface area contributed by atoms with Crippen molar-refractivity contribution in [3.63, 3.8) is 0 Å².